The molecule has 4 heteroatoms. The van der Waals surface area contributed by atoms with Gasteiger partial charge in [0.05, 0.1) is 0 Å². The predicted octanol–water partition coefficient (Wildman–Crippen LogP) is -0.0890. The summed E-state index contributed by atoms with van der Waals surface area (Å²) in [5, 5.41) is 3.06. The van der Waals surface area contributed by atoms with Crippen LogP contribution in [0.1, 0.15) is 13.8 Å². The monoisotopic (exact) mass is 182 g/mol. The average molecular weight is 182 g/mol. The van der Waals surface area contributed by atoms with Gasteiger partial charge in [-0.05, 0) is 13.5 Å². The van der Waals surface area contributed by atoms with Gasteiger partial charge in [0.25, 0.3) is 11.8 Å². The zero-order valence-corrected chi connectivity index (χ0v) is 7.96. The molecule has 4 nitrogen and oxygen atoms in total. The standard InChI is InChI=1S/C9H14N2O2/c1-3-10-4-5-11-8(12)6-7(2)9(11)13/h6,10H,3-5H2,1-2H3. The lowest BCUT2D eigenvalue weighted by Crippen LogP contribution is -2.36. The number of rotatable bonds is 4. The zero-order valence-electron chi connectivity index (χ0n) is 7.96. The van der Waals surface area contributed by atoms with Gasteiger partial charge >= 0.3 is 0 Å². The van der Waals surface area contributed by atoms with Crippen molar-refractivity contribution in [3.05, 3.63) is 11.6 Å². The molecule has 0 saturated carbocycles. The topological polar surface area (TPSA) is 49.4 Å². The minimum absolute atomic E-state index is 0.164. The molecule has 72 valence electrons. The first-order valence-electron chi connectivity index (χ1n) is 4.41. The van der Waals surface area contributed by atoms with E-state index in [0.717, 1.165) is 6.54 Å². The maximum Gasteiger partial charge on any atom is 0.256 e. The van der Waals surface area contributed by atoms with Crippen molar-refractivity contribution in [2.24, 2.45) is 0 Å². The molecule has 0 saturated heterocycles. The van der Waals surface area contributed by atoms with E-state index < -0.39 is 0 Å². The van der Waals surface area contributed by atoms with Gasteiger partial charge in [0.1, 0.15) is 0 Å². The minimum Gasteiger partial charge on any atom is -0.315 e. The summed E-state index contributed by atoms with van der Waals surface area (Å²) >= 11 is 0. The molecule has 0 bridgehead atoms. The molecule has 2 amide bonds. The average Bonchev–Trinajstić information content (AvgIpc) is 2.32. The minimum atomic E-state index is -0.194. The molecular formula is C9H14N2O2. The van der Waals surface area contributed by atoms with Crippen LogP contribution in [0.15, 0.2) is 11.6 Å². The Kier molecular flexibility index (Phi) is 3.19. The lowest BCUT2D eigenvalue weighted by Gasteiger charge is -2.13. The summed E-state index contributed by atoms with van der Waals surface area (Å²) in [5.74, 6) is -0.358. The van der Waals surface area contributed by atoms with Crippen molar-refractivity contribution in [1.82, 2.24) is 10.2 Å². The third-order valence-electron chi connectivity index (χ3n) is 1.95. The van der Waals surface area contributed by atoms with Gasteiger partial charge in [-0.15, -0.1) is 0 Å². The fourth-order valence-corrected chi connectivity index (χ4v) is 1.22. The number of imide groups is 1. The summed E-state index contributed by atoms with van der Waals surface area (Å²) in [5.41, 5.74) is 0.529. The van der Waals surface area contributed by atoms with Crippen molar-refractivity contribution >= 4 is 11.8 Å². The number of hydrogen-bond acceptors (Lipinski definition) is 3. The van der Waals surface area contributed by atoms with Gasteiger partial charge in [-0.2, -0.15) is 0 Å². The number of carbonyl (C=O) groups excluding carboxylic acids is 2. The van der Waals surface area contributed by atoms with Crippen LogP contribution in [0.3, 0.4) is 0 Å². The molecule has 0 aliphatic carbocycles. The third-order valence-corrected chi connectivity index (χ3v) is 1.95. The van der Waals surface area contributed by atoms with E-state index in [2.05, 4.69) is 5.32 Å². The molecular weight excluding hydrogens is 168 g/mol. The highest BCUT2D eigenvalue weighted by molar-refractivity contribution is 6.15. The molecule has 0 radical (unpaired) electrons. The molecule has 0 fully saturated rings. The molecule has 0 spiro atoms. The normalized spacial score (nSPS) is 16.8. The van der Waals surface area contributed by atoms with Crippen molar-refractivity contribution in [3.63, 3.8) is 0 Å². The summed E-state index contributed by atoms with van der Waals surface area (Å²) in [4.78, 5) is 23.8. The summed E-state index contributed by atoms with van der Waals surface area (Å²) in [7, 11) is 0. The molecule has 0 atom stereocenters. The van der Waals surface area contributed by atoms with E-state index >= 15 is 0 Å². The summed E-state index contributed by atoms with van der Waals surface area (Å²) in [6.07, 6.45) is 1.38. The van der Waals surface area contributed by atoms with E-state index in [4.69, 9.17) is 0 Å². The fraction of sp³-hybridized carbons (Fsp3) is 0.556. The van der Waals surface area contributed by atoms with Crippen LogP contribution >= 0.6 is 0 Å². The molecule has 0 aromatic heterocycles. The van der Waals surface area contributed by atoms with Crippen LogP contribution < -0.4 is 5.32 Å². The van der Waals surface area contributed by atoms with Crippen LogP contribution in [-0.2, 0) is 9.59 Å². The SMILES string of the molecule is CCNCCN1C(=O)C=C(C)C1=O. The second-order valence-corrected chi connectivity index (χ2v) is 2.98. The van der Waals surface area contributed by atoms with Crippen LogP contribution in [0.2, 0.25) is 0 Å². The number of carbonyl (C=O) groups is 2. The van der Waals surface area contributed by atoms with Crippen molar-refractivity contribution in [2.45, 2.75) is 13.8 Å². The van der Waals surface area contributed by atoms with Gasteiger partial charge in [0.15, 0.2) is 0 Å². The lowest BCUT2D eigenvalue weighted by atomic mass is 10.3. The Morgan fingerprint density at radius 2 is 2.15 bits per heavy atom. The number of likely N-dealkylation sites (N-methyl/N-ethyl adjacent to an activating group) is 1. The maximum absolute atomic E-state index is 11.3. The quantitative estimate of drug-likeness (QED) is 0.488. The molecule has 0 unspecified atom stereocenters. The lowest BCUT2D eigenvalue weighted by molar-refractivity contribution is -0.137. The van der Waals surface area contributed by atoms with E-state index in [1.54, 1.807) is 6.92 Å². The molecule has 1 rings (SSSR count). The fourth-order valence-electron chi connectivity index (χ4n) is 1.22. The highest BCUT2D eigenvalue weighted by atomic mass is 16.2. The first kappa shape index (κ1) is 9.92. The van der Waals surface area contributed by atoms with Gasteiger partial charge in [-0.3, -0.25) is 14.5 Å². The van der Waals surface area contributed by atoms with Gasteiger partial charge in [0, 0.05) is 24.7 Å². The first-order valence-corrected chi connectivity index (χ1v) is 4.41. The van der Waals surface area contributed by atoms with Gasteiger partial charge < -0.3 is 5.32 Å². The number of nitrogens with zero attached hydrogens (tertiary/aromatic N) is 1. The van der Waals surface area contributed by atoms with E-state index in [1.165, 1.54) is 11.0 Å². The van der Waals surface area contributed by atoms with Crippen LogP contribution in [0, 0.1) is 0 Å². The Morgan fingerprint density at radius 3 is 2.62 bits per heavy atom. The van der Waals surface area contributed by atoms with Crippen LogP contribution in [0.5, 0.6) is 0 Å². The van der Waals surface area contributed by atoms with Crippen LogP contribution in [0.25, 0.3) is 0 Å². The zero-order chi connectivity index (χ0) is 9.84. The number of nitrogens with one attached hydrogen (secondary N) is 1. The van der Waals surface area contributed by atoms with Crippen molar-refractivity contribution in [1.29, 1.82) is 0 Å². The Balaban J connectivity index is 2.44. The molecule has 0 aromatic rings. The molecule has 1 aliphatic rings. The summed E-state index contributed by atoms with van der Waals surface area (Å²) < 4.78 is 0. The molecule has 0 aromatic carbocycles. The molecule has 1 aliphatic heterocycles. The third kappa shape index (κ3) is 2.15. The van der Waals surface area contributed by atoms with Crippen LogP contribution in [-0.4, -0.2) is 36.3 Å². The largest absolute Gasteiger partial charge is 0.315 e. The number of amides is 2. The van der Waals surface area contributed by atoms with Crippen molar-refractivity contribution in [3.8, 4) is 0 Å². The van der Waals surface area contributed by atoms with Crippen molar-refractivity contribution in [2.75, 3.05) is 19.6 Å². The van der Waals surface area contributed by atoms with E-state index in [0.29, 0.717) is 18.7 Å². The summed E-state index contributed by atoms with van der Waals surface area (Å²) in [6.45, 7) is 5.61. The summed E-state index contributed by atoms with van der Waals surface area (Å²) in [6, 6.07) is 0. The highest BCUT2D eigenvalue weighted by Crippen LogP contribution is 2.10. The Bertz CT molecular complexity index is 258. The second kappa shape index (κ2) is 4.18. The van der Waals surface area contributed by atoms with E-state index in [-0.39, 0.29) is 11.8 Å². The smallest absolute Gasteiger partial charge is 0.256 e. The maximum atomic E-state index is 11.3. The van der Waals surface area contributed by atoms with Gasteiger partial charge in [0.2, 0.25) is 0 Å². The van der Waals surface area contributed by atoms with Gasteiger partial charge in [-0.1, -0.05) is 6.92 Å². The van der Waals surface area contributed by atoms with E-state index in [1.807, 2.05) is 6.92 Å². The highest BCUT2D eigenvalue weighted by Gasteiger charge is 2.27. The van der Waals surface area contributed by atoms with Crippen LogP contribution in [0.4, 0.5) is 0 Å². The molecule has 1 heterocycles. The van der Waals surface area contributed by atoms with Crippen molar-refractivity contribution < 1.29 is 9.59 Å². The van der Waals surface area contributed by atoms with Gasteiger partial charge in [-0.25, -0.2) is 0 Å². The first-order chi connectivity index (χ1) is 6.16. The second-order valence-electron chi connectivity index (χ2n) is 2.98. The molecule has 1 N–H and O–H groups in total. The predicted molar refractivity (Wildman–Crippen MR) is 49.0 cm³/mol. The Hall–Kier alpha value is -1.16. The Labute approximate surface area is 77.6 Å². The Morgan fingerprint density at radius 1 is 1.46 bits per heavy atom. The molecule has 13 heavy (non-hydrogen) atoms. The number of hydrogen-bond donors (Lipinski definition) is 1. The van der Waals surface area contributed by atoms with E-state index in [9.17, 15) is 9.59 Å².